The van der Waals surface area contributed by atoms with E-state index in [1.165, 1.54) is 0 Å². The van der Waals surface area contributed by atoms with Crippen LogP contribution < -0.4 is 0 Å². The number of aryl methyl sites for hydroxylation is 2. The third-order valence-electron chi connectivity index (χ3n) is 4.45. The van der Waals surface area contributed by atoms with Crippen LogP contribution in [0.5, 0.6) is 0 Å². The minimum Gasteiger partial charge on any atom is -0.342 e. The molecule has 1 aliphatic heterocycles. The highest BCUT2D eigenvalue weighted by atomic mass is 16.2. The lowest BCUT2D eigenvalue weighted by molar-refractivity contribution is -0.132. The molecular weight excluding hydrogens is 278 g/mol. The number of H-pyrrole nitrogens is 1. The molecule has 1 fully saturated rings. The van der Waals surface area contributed by atoms with Crippen molar-refractivity contribution < 1.29 is 4.79 Å². The number of rotatable bonds is 5. The molecule has 3 rings (SSSR count). The zero-order valence-corrected chi connectivity index (χ0v) is 13.0. The molecule has 6 heteroatoms. The van der Waals surface area contributed by atoms with Crippen LogP contribution in [0.15, 0.2) is 24.7 Å². The monoisotopic (exact) mass is 301 g/mol. The standard InChI is InChI=1S/C16H23N5O/c1-13-17-8-11-20(13)9-3-5-16(22)21-10-2-4-14(12-21)15-6-7-18-19-15/h6-8,11,14H,2-5,9-10,12H2,1H3,(H,18,19). The molecule has 3 heterocycles. The molecule has 0 spiro atoms. The Labute approximate surface area is 130 Å². The van der Waals surface area contributed by atoms with E-state index in [1.54, 1.807) is 12.4 Å². The predicted octanol–water partition coefficient (Wildman–Crippen LogP) is 2.10. The van der Waals surface area contributed by atoms with Crippen LogP contribution in [0.3, 0.4) is 0 Å². The molecule has 1 N–H and O–H groups in total. The van der Waals surface area contributed by atoms with Crippen LogP contribution in [0.1, 0.15) is 43.1 Å². The van der Waals surface area contributed by atoms with Crippen LogP contribution in [-0.4, -0.2) is 43.6 Å². The number of likely N-dealkylation sites (tertiary alicyclic amines) is 1. The number of hydrogen-bond acceptors (Lipinski definition) is 3. The first-order chi connectivity index (χ1) is 10.7. The number of nitrogens with zero attached hydrogens (tertiary/aromatic N) is 4. The third-order valence-corrected chi connectivity index (χ3v) is 4.45. The maximum absolute atomic E-state index is 12.4. The fourth-order valence-electron chi connectivity index (χ4n) is 3.15. The summed E-state index contributed by atoms with van der Waals surface area (Å²) in [6.45, 7) is 4.54. The average Bonchev–Trinajstić information content (AvgIpc) is 3.20. The molecule has 1 atom stereocenters. The second kappa shape index (κ2) is 6.77. The zero-order chi connectivity index (χ0) is 15.4. The van der Waals surface area contributed by atoms with Gasteiger partial charge in [-0.3, -0.25) is 9.89 Å². The Bertz CT molecular complexity index is 604. The largest absolute Gasteiger partial charge is 0.342 e. The van der Waals surface area contributed by atoms with Gasteiger partial charge in [0, 0.05) is 56.3 Å². The van der Waals surface area contributed by atoms with Crippen LogP contribution in [-0.2, 0) is 11.3 Å². The van der Waals surface area contributed by atoms with Crippen molar-refractivity contribution in [2.75, 3.05) is 13.1 Å². The van der Waals surface area contributed by atoms with Crippen molar-refractivity contribution in [1.82, 2.24) is 24.6 Å². The van der Waals surface area contributed by atoms with Gasteiger partial charge in [0.05, 0.1) is 0 Å². The van der Waals surface area contributed by atoms with Gasteiger partial charge in [-0.05, 0) is 32.3 Å². The summed E-state index contributed by atoms with van der Waals surface area (Å²) in [5, 5.41) is 7.05. The van der Waals surface area contributed by atoms with Crippen LogP contribution in [0.2, 0.25) is 0 Å². The van der Waals surface area contributed by atoms with Gasteiger partial charge in [0.2, 0.25) is 5.91 Å². The number of aromatic nitrogens is 4. The number of hydrogen-bond donors (Lipinski definition) is 1. The van der Waals surface area contributed by atoms with Crippen LogP contribution in [0.25, 0.3) is 0 Å². The van der Waals surface area contributed by atoms with Crippen molar-refractivity contribution in [2.24, 2.45) is 0 Å². The molecule has 1 saturated heterocycles. The number of piperidine rings is 1. The van der Waals surface area contributed by atoms with Gasteiger partial charge in [0.15, 0.2) is 0 Å². The predicted molar refractivity (Wildman–Crippen MR) is 83.3 cm³/mol. The summed E-state index contributed by atoms with van der Waals surface area (Å²) < 4.78 is 2.09. The Morgan fingerprint density at radius 3 is 3.09 bits per heavy atom. The quantitative estimate of drug-likeness (QED) is 0.919. The number of carbonyl (C=O) groups excluding carboxylic acids is 1. The molecule has 0 bridgehead atoms. The SMILES string of the molecule is Cc1nccn1CCCC(=O)N1CCCC(c2ccn[nH]2)C1. The van der Waals surface area contributed by atoms with Crippen LogP contribution in [0, 0.1) is 6.92 Å². The van der Waals surface area contributed by atoms with Gasteiger partial charge >= 0.3 is 0 Å². The second-order valence-electron chi connectivity index (χ2n) is 5.96. The van der Waals surface area contributed by atoms with Crippen molar-refractivity contribution in [3.63, 3.8) is 0 Å². The summed E-state index contributed by atoms with van der Waals surface area (Å²) in [5.74, 6) is 1.67. The number of carbonyl (C=O) groups is 1. The van der Waals surface area contributed by atoms with Crippen molar-refractivity contribution in [2.45, 2.75) is 45.1 Å². The molecule has 2 aromatic rings. The highest BCUT2D eigenvalue weighted by Gasteiger charge is 2.25. The molecular formula is C16H23N5O. The summed E-state index contributed by atoms with van der Waals surface area (Å²) in [4.78, 5) is 18.6. The summed E-state index contributed by atoms with van der Waals surface area (Å²) in [6.07, 6.45) is 9.21. The molecule has 118 valence electrons. The Balaban J connectivity index is 1.48. The third kappa shape index (κ3) is 3.37. The Kier molecular flexibility index (Phi) is 4.56. The van der Waals surface area contributed by atoms with E-state index in [4.69, 9.17) is 0 Å². The first-order valence-corrected chi connectivity index (χ1v) is 7.99. The van der Waals surface area contributed by atoms with Gasteiger partial charge in [-0.25, -0.2) is 4.98 Å². The van der Waals surface area contributed by atoms with Gasteiger partial charge < -0.3 is 9.47 Å². The topological polar surface area (TPSA) is 66.8 Å². The summed E-state index contributed by atoms with van der Waals surface area (Å²) in [6, 6.07) is 2.01. The maximum Gasteiger partial charge on any atom is 0.222 e. The van der Waals surface area contributed by atoms with Crippen molar-refractivity contribution >= 4 is 5.91 Å². The average molecular weight is 301 g/mol. The van der Waals surface area contributed by atoms with E-state index in [2.05, 4.69) is 19.7 Å². The van der Waals surface area contributed by atoms with Gasteiger partial charge in [-0.15, -0.1) is 0 Å². The lowest BCUT2D eigenvalue weighted by Gasteiger charge is -2.32. The fraction of sp³-hybridized carbons (Fsp3) is 0.562. The highest BCUT2D eigenvalue weighted by molar-refractivity contribution is 5.76. The summed E-state index contributed by atoms with van der Waals surface area (Å²) >= 11 is 0. The first-order valence-electron chi connectivity index (χ1n) is 7.99. The normalized spacial score (nSPS) is 18.6. The lowest BCUT2D eigenvalue weighted by Crippen LogP contribution is -2.39. The minimum atomic E-state index is 0.266. The van der Waals surface area contributed by atoms with E-state index < -0.39 is 0 Å². The first kappa shape index (κ1) is 14.8. The summed E-state index contributed by atoms with van der Waals surface area (Å²) in [5.41, 5.74) is 1.14. The van der Waals surface area contributed by atoms with Gasteiger partial charge in [0.1, 0.15) is 5.82 Å². The lowest BCUT2D eigenvalue weighted by atomic mass is 9.94. The molecule has 0 aliphatic carbocycles. The number of nitrogens with one attached hydrogen (secondary N) is 1. The highest BCUT2D eigenvalue weighted by Crippen LogP contribution is 2.25. The molecule has 0 aromatic carbocycles. The molecule has 0 saturated carbocycles. The van der Waals surface area contributed by atoms with E-state index in [0.29, 0.717) is 12.3 Å². The molecule has 1 amide bonds. The minimum absolute atomic E-state index is 0.266. The second-order valence-corrected chi connectivity index (χ2v) is 5.96. The molecule has 2 aromatic heterocycles. The van der Waals surface area contributed by atoms with E-state index >= 15 is 0 Å². The molecule has 1 aliphatic rings. The van der Waals surface area contributed by atoms with Crippen molar-refractivity contribution in [3.8, 4) is 0 Å². The van der Waals surface area contributed by atoms with Crippen molar-refractivity contribution in [3.05, 3.63) is 36.2 Å². The molecule has 22 heavy (non-hydrogen) atoms. The Morgan fingerprint density at radius 2 is 2.36 bits per heavy atom. The maximum atomic E-state index is 12.4. The molecule has 1 unspecified atom stereocenters. The molecule has 6 nitrogen and oxygen atoms in total. The molecule has 0 radical (unpaired) electrons. The Morgan fingerprint density at radius 1 is 1.45 bits per heavy atom. The Hall–Kier alpha value is -2.11. The van der Waals surface area contributed by atoms with Gasteiger partial charge in [0.25, 0.3) is 0 Å². The summed E-state index contributed by atoms with van der Waals surface area (Å²) in [7, 11) is 0. The van der Waals surface area contributed by atoms with Crippen LogP contribution >= 0.6 is 0 Å². The fourth-order valence-corrected chi connectivity index (χ4v) is 3.15. The van der Waals surface area contributed by atoms with E-state index in [0.717, 1.165) is 50.4 Å². The van der Waals surface area contributed by atoms with Gasteiger partial charge in [-0.1, -0.05) is 0 Å². The smallest absolute Gasteiger partial charge is 0.222 e. The van der Waals surface area contributed by atoms with E-state index in [-0.39, 0.29) is 5.91 Å². The van der Waals surface area contributed by atoms with E-state index in [1.807, 2.05) is 24.1 Å². The van der Waals surface area contributed by atoms with Gasteiger partial charge in [-0.2, -0.15) is 5.10 Å². The number of amides is 1. The van der Waals surface area contributed by atoms with Crippen LogP contribution in [0.4, 0.5) is 0 Å². The number of aromatic amines is 1. The zero-order valence-electron chi connectivity index (χ0n) is 13.0. The van der Waals surface area contributed by atoms with Crippen molar-refractivity contribution in [1.29, 1.82) is 0 Å². The van der Waals surface area contributed by atoms with E-state index in [9.17, 15) is 4.79 Å². The number of imidazole rings is 1.